The molecule has 1 saturated heterocycles. The van der Waals surface area contributed by atoms with E-state index in [9.17, 15) is 15.2 Å². The highest BCUT2D eigenvalue weighted by molar-refractivity contribution is 6.31. The summed E-state index contributed by atoms with van der Waals surface area (Å²) in [6.07, 6.45) is 2.04. The molecule has 0 spiro atoms. The Hall–Kier alpha value is -1.80. The first-order valence-corrected chi connectivity index (χ1v) is 6.30. The number of hydrogen-bond acceptors (Lipinski definition) is 4. The van der Waals surface area contributed by atoms with Crippen LogP contribution in [0.1, 0.15) is 24.5 Å². The smallest absolute Gasteiger partial charge is 0.311 e. The normalized spacial score (nSPS) is 22.3. The van der Waals surface area contributed by atoms with Gasteiger partial charge in [-0.1, -0.05) is 11.6 Å². The van der Waals surface area contributed by atoms with E-state index >= 15 is 0 Å². The van der Waals surface area contributed by atoms with Crippen LogP contribution >= 0.6 is 11.6 Å². The lowest BCUT2D eigenvalue weighted by Gasteiger charge is -2.22. The maximum atomic E-state index is 11.2. The van der Waals surface area contributed by atoms with Gasteiger partial charge in [0.2, 0.25) is 0 Å². The van der Waals surface area contributed by atoms with Crippen molar-refractivity contribution < 1.29 is 9.90 Å². The topological polar surface area (TPSA) is 77.2 Å². The highest BCUT2D eigenvalue weighted by Gasteiger charge is 2.41. The molecule has 5 nitrogen and oxygen atoms in total. The monoisotopic (exact) mass is 279 g/mol. The summed E-state index contributed by atoms with van der Waals surface area (Å²) in [4.78, 5) is 17.3. The number of carboxylic acid groups (broad SMARTS) is 1. The summed E-state index contributed by atoms with van der Waals surface area (Å²) in [6.45, 7) is 4.40. The molecule has 6 heteroatoms. The van der Waals surface area contributed by atoms with Crippen LogP contribution in [0.2, 0.25) is 5.02 Å². The van der Waals surface area contributed by atoms with E-state index in [0.29, 0.717) is 41.5 Å². The van der Waals surface area contributed by atoms with E-state index in [2.05, 4.69) is 11.1 Å². The van der Waals surface area contributed by atoms with Crippen molar-refractivity contribution >= 4 is 23.4 Å². The molecule has 19 heavy (non-hydrogen) atoms. The molecule has 1 fully saturated rings. The Morgan fingerprint density at radius 2 is 2.37 bits per heavy atom. The maximum Gasteiger partial charge on any atom is 0.311 e. The average molecular weight is 280 g/mol. The van der Waals surface area contributed by atoms with E-state index in [0.717, 1.165) is 0 Å². The summed E-state index contributed by atoms with van der Waals surface area (Å²) in [7, 11) is 0. The van der Waals surface area contributed by atoms with Gasteiger partial charge in [0, 0.05) is 19.3 Å². The van der Waals surface area contributed by atoms with Crippen LogP contribution in [-0.2, 0) is 4.79 Å². The van der Waals surface area contributed by atoms with Gasteiger partial charge in [0.05, 0.1) is 16.0 Å². The number of anilines is 1. The number of aliphatic carboxylic acids is 1. The van der Waals surface area contributed by atoms with Gasteiger partial charge in [-0.2, -0.15) is 5.26 Å². The summed E-state index contributed by atoms with van der Waals surface area (Å²) < 4.78 is 0. The third-order valence-electron chi connectivity index (χ3n) is 3.66. The summed E-state index contributed by atoms with van der Waals surface area (Å²) in [5.41, 5.74) is 0.308. The number of rotatable bonds is 2. The Kier molecular flexibility index (Phi) is 3.38. The first-order valence-electron chi connectivity index (χ1n) is 5.92. The highest BCUT2D eigenvalue weighted by Crippen LogP contribution is 2.35. The molecule has 0 bridgehead atoms. The standard InChI is InChI=1S/C13H14ClN3O2/c1-8-9(5-15)11(16-6-10(8)14)17-4-3-13(2,7-17)12(18)19/h6H,3-4,7H2,1-2H3,(H,18,19). The Morgan fingerprint density at radius 1 is 1.68 bits per heavy atom. The zero-order chi connectivity index (χ0) is 14.2. The van der Waals surface area contributed by atoms with Crippen molar-refractivity contribution in [3.63, 3.8) is 0 Å². The molecule has 0 radical (unpaired) electrons. The molecule has 1 N–H and O–H groups in total. The SMILES string of the molecule is Cc1c(Cl)cnc(N2CCC(C)(C(=O)O)C2)c1C#N. The fraction of sp³-hybridized carbons (Fsp3) is 0.462. The zero-order valence-electron chi connectivity index (χ0n) is 10.8. The molecular weight excluding hydrogens is 266 g/mol. The number of halogens is 1. The van der Waals surface area contributed by atoms with Gasteiger partial charge in [0.15, 0.2) is 0 Å². The summed E-state index contributed by atoms with van der Waals surface area (Å²) in [5, 5.41) is 18.9. The number of carbonyl (C=O) groups is 1. The van der Waals surface area contributed by atoms with Crippen LogP contribution in [0.3, 0.4) is 0 Å². The van der Waals surface area contributed by atoms with Crippen LogP contribution in [-0.4, -0.2) is 29.1 Å². The van der Waals surface area contributed by atoms with E-state index in [4.69, 9.17) is 11.6 Å². The van der Waals surface area contributed by atoms with E-state index in [-0.39, 0.29) is 0 Å². The van der Waals surface area contributed by atoms with Crippen molar-refractivity contribution in [3.8, 4) is 6.07 Å². The molecule has 0 aliphatic carbocycles. The Balaban J connectivity index is 2.38. The van der Waals surface area contributed by atoms with Gasteiger partial charge in [0.1, 0.15) is 11.9 Å². The minimum Gasteiger partial charge on any atom is -0.481 e. The summed E-state index contributed by atoms with van der Waals surface area (Å²) in [6, 6.07) is 2.10. The predicted octanol–water partition coefficient (Wildman–Crippen LogP) is 2.22. The van der Waals surface area contributed by atoms with Crippen LogP contribution in [0.15, 0.2) is 6.20 Å². The van der Waals surface area contributed by atoms with Gasteiger partial charge in [-0.05, 0) is 25.8 Å². The second kappa shape index (κ2) is 4.71. The lowest BCUT2D eigenvalue weighted by molar-refractivity contribution is -0.146. The number of pyridine rings is 1. The van der Waals surface area contributed by atoms with E-state index in [1.165, 1.54) is 6.20 Å². The van der Waals surface area contributed by atoms with Crippen molar-refractivity contribution in [1.29, 1.82) is 5.26 Å². The Morgan fingerprint density at radius 3 is 2.89 bits per heavy atom. The van der Waals surface area contributed by atoms with Crippen molar-refractivity contribution in [2.45, 2.75) is 20.3 Å². The fourth-order valence-electron chi connectivity index (χ4n) is 2.26. The summed E-state index contributed by atoms with van der Waals surface area (Å²) >= 11 is 5.95. The van der Waals surface area contributed by atoms with Gasteiger partial charge >= 0.3 is 5.97 Å². The van der Waals surface area contributed by atoms with Crippen LogP contribution in [0.4, 0.5) is 5.82 Å². The first kappa shape index (κ1) is 13.6. The van der Waals surface area contributed by atoms with Crippen LogP contribution < -0.4 is 4.90 Å². The quantitative estimate of drug-likeness (QED) is 0.898. The van der Waals surface area contributed by atoms with Crippen molar-refractivity contribution in [2.24, 2.45) is 5.41 Å². The molecule has 2 rings (SSSR count). The van der Waals surface area contributed by atoms with E-state index in [1.807, 2.05) is 4.90 Å². The fourth-order valence-corrected chi connectivity index (χ4v) is 2.40. The molecule has 1 aromatic heterocycles. The summed E-state index contributed by atoms with van der Waals surface area (Å²) in [5.74, 6) is -0.298. The lowest BCUT2D eigenvalue weighted by Crippen LogP contribution is -2.32. The Bertz CT molecular complexity index is 582. The third kappa shape index (κ3) is 2.24. The molecule has 1 aromatic rings. The van der Waals surface area contributed by atoms with Gasteiger partial charge in [-0.3, -0.25) is 4.79 Å². The second-order valence-electron chi connectivity index (χ2n) is 5.08. The molecule has 1 unspecified atom stereocenters. The first-order chi connectivity index (χ1) is 8.89. The van der Waals surface area contributed by atoms with Gasteiger partial charge < -0.3 is 10.0 Å². The molecule has 1 atom stereocenters. The highest BCUT2D eigenvalue weighted by atomic mass is 35.5. The van der Waals surface area contributed by atoms with Gasteiger partial charge in [0.25, 0.3) is 0 Å². The molecule has 0 amide bonds. The molecular formula is C13H14ClN3O2. The maximum absolute atomic E-state index is 11.2. The molecule has 100 valence electrons. The van der Waals surface area contributed by atoms with Crippen molar-refractivity contribution in [1.82, 2.24) is 4.98 Å². The molecule has 1 aliphatic heterocycles. The minimum atomic E-state index is -0.820. The number of aromatic nitrogens is 1. The Labute approximate surface area is 116 Å². The lowest BCUT2D eigenvalue weighted by atomic mass is 9.90. The largest absolute Gasteiger partial charge is 0.481 e. The zero-order valence-corrected chi connectivity index (χ0v) is 11.5. The van der Waals surface area contributed by atoms with E-state index in [1.54, 1.807) is 13.8 Å². The average Bonchev–Trinajstić information content (AvgIpc) is 2.76. The van der Waals surface area contributed by atoms with Crippen molar-refractivity contribution in [3.05, 3.63) is 22.3 Å². The van der Waals surface area contributed by atoms with Crippen LogP contribution in [0.5, 0.6) is 0 Å². The van der Waals surface area contributed by atoms with Gasteiger partial charge in [-0.25, -0.2) is 4.98 Å². The minimum absolute atomic E-state index is 0.352. The number of nitrogens with zero attached hydrogens (tertiary/aromatic N) is 3. The number of nitriles is 1. The van der Waals surface area contributed by atoms with Crippen LogP contribution in [0, 0.1) is 23.7 Å². The molecule has 0 saturated carbocycles. The molecule has 2 heterocycles. The second-order valence-corrected chi connectivity index (χ2v) is 5.49. The number of carboxylic acids is 1. The van der Waals surface area contributed by atoms with Crippen molar-refractivity contribution in [2.75, 3.05) is 18.0 Å². The van der Waals surface area contributed by atoms with Crippen LogP contribution in [0.25, 0.3) is 0 Å². The molecule has 1 aliphatic rings. The number of hydrogen-bond donors (Lipinski definition) is 1. The predicted molar refractivity (Wildman–Crippen MR) is 71.3 cm³/mol. The van der Waals surface area contributed by atoms with Gasteiger partial charge in [-0.15, -0.1) is 0 Å². The third-order valence-corrected chi connectivity index (χ3v) is 4.04. The van der Waals surface area contributed by atoms with E-state index < -0.39 is 11.4 Å². The molecule has 0 aromatic carbocycles.